The van der Waals surface area contributed by atoms with Gasteiger partial charge in [0.25, 0.3) is 0 Å². The third-order valence-corrected chi connectivity index (χ3v) is 4.52. The second-order valence-corrected chi connectivity index (χ2v) is 6.83. The second-order valence-electron chi connectivity index (χ2n) is 6.83. The van der Waals surface area contributed by atoms with E-state index in [1.165, 1.54) is 11.3 Å². The van der Waals surface area contributed by atoms with Gasteiger partial charge in [-0.05, 0) is 51.8 Å². The highest BCUT2D eigenvalue weighted by Gasteiger charge is 2.19. The average Bonchev–Trinajstić information content (AvgIpc) is 2.81. The van der Waals surface area contributed by atoms with Gasteiger partial charge >= 0.3 is 0 Å². The maximum Gasteiger partial charge on any atom is 0.119 e. The number of nitrogens with one attached hydrogen (secondary N) is 1. The molecule has 2 unspecified atom stereocenters. The fourth-order valence-electron chi connectivity index (χ4n) is 3.16. The summed E-state index contributed by atoms with van der Waals surface area (Å²) in [4.78, 5) is 0. The first-order chi connectivity index (χ1) is 11.8. The number of ether oxygens (including phenoxy) is 1. The predicted octanol–water partition coefficient (Wildman–Crippen LogP) is 3.60. The van der Waals surface area contributed by atoms with Crippen LogP contribution in [0, 0.1) is 13.8 Å². The van der Waals surface area contributed by atoms with E-state index in [0.717, 1.165) is 23.4 Å². The molecule has 1 aromatic carbocycles. The van der Waals surface area contributed by atoms with Crippen LogP contribution in [0.25, 0.3) is 0 Å². The van der Waals surface area contributed by atoms with E-state index in [1.807, 2.05) is 56.8 Å². The molecule has 0 bridgehead atoms. The van der Waals surface area contributed by atoms with E-state index in [4.69, 9.17) is 4.74 Å². The Labute approximate surface area is 151 Å². The van der Waals surface area contributed by atoms with E-state index in [1.54, 1.807) is 0 Å². The van der Waals surface area contributed by atoms with Crippen LogP contribution in [-0.4, -0.2) is 27.5 Å². The number of hydrogen-bond donors (Lipinski definition) is 2. The fourth-order valence-corrected chi connectivity index (χ4v) is 3.16. The number of hydrogen-bond acceptors (Lipinski definition) is 4. The summed E-state index contributed by atoms with van der Waals surface area (Å²) in [6, 6.07) is 7.85. The molecule has 5 heteroatoms. The summed E-state index contributed by atoms with van der Waals surface area (Å²) < 4.78 is 7.56. The van der Waals surface area contributed by atoms with Crippen molar-refractivity contribution in [1.82, 2.24) is 15.1 Å². The quantitative estimate of drug-likeness (QED) is 0.767. The van der Waals surface area contributed by atoms with Gasteiger partial charge in [-0.25, -0.2) is 0 Å². The van der Waals surface area contributed by atoms with Gasteiger partial charge in [0.1, 0.15) is 5.75 Å². The van der Waals surface area contributed by atoms with Gasteiger partial charge < -0.3 is 15.2 Å². The van der Waals surface area contributed by atoms with Gasteiger partial charge in [0, 0.05) is 30.9 Å². The molecule has 2 aromatic rings. The maximum absolute atomic E-state index is 10.5. The lowest BCUT2D eigenvalue weighted by molar-refractivity contribution is 0.169. The molecule has 5 nitrogen and oxygen atoms in total. The normalized spacial score (nSPS) is 13.9. The minimum absolute atomic E-state index is 0.147. The van der Waals surface area contributed by atoms with Crippen molar-refractivity contribution in [2.24, 2.45) is 7.05 Å². The van der Waals surface area contributed by atoms with E-state index in [2.05, 4.69) is 24.3 Å². The van der Waals surface area contributed by atoms with Crippen molar-refractivity contribution in [3.8, 4) is 5.75 Å². The molecule has 0 fully saturated rings. The highest BCUT2D eigenvalue weighted by atomic mass is 16.5. The van der Waals surface area contributed by atoms with Crippen LogP contribution < -0.4 is 10.1 Å². The molecular formula is C20H31N3O2. The molecular weight excluding hydrogens is 314 g/mol. The van der Waals surface area contributed by atoms with E-state index in [0.29, 0.717) is 6.54 Å². The van der Waals surface area contributed by atoms with Crippen LogP contribution >= 0.6 is 0 Å². The number of aryl methyl sites for hydroxylation is 2. The van der Waals surface area contributed by atoms with Gasteiger partial charge in [-0.2, -0.15) is 5.10 Å². The van der Waals surface area contributed by atoms with Crippen molar-refractivity contribution in [3.05, 3.63) is 46.8 Å². The van der Waals surface area contributed by atoms with Crippen LogP contribution in [0.5, 0.6) is 5.75 Å². The molecule has 25 heavy (non-hydrogen) atoms. The van der Waals surface area contributed by atoms with Crippen LogP contribution in [-0.2, 0) is 7.05 Å². The number of nitrogens with zero attached hydrogens (tertiary/aromatic N) is 2. The zero-order valence-electron chi connectivity index (χ0n) is 16.2. The van der Waals surface area contributed by atoms with Gasteiger partial charge in [-0.3, -0.25) is 4.68 Å². The Balaban J connectivity index is 2.01. The van der Waals surface area contributed by atoms with Crippen LogP contribution in [0.3, 0.4) is 0 Å². The molecule has 2 atom stereocenters. The molecule has 0 aliphatic carbocycles. The predicted molar refractivity (Wildman–Crippen MR) is 101 cm³/mol. The van der Waals surface area contributed by atoms with Gasteiger partial charge in [0.05, 0.1) is 17.9 Å². The lowest BCUT2D eigenvalue weighted by Crippen LogP contribution is -2.27. The zero-order valence-corrected chi connectivity index (χ0v) is 16.2. The Morgan fingerprint density at radius 1 is 1.20 bits per heavy atom. The standard InChI is InChI=1S/C20H31N3O2/c1-7-18(20-14(4)22-23(6)15(20)5)21-12-19(24)16-8-10-17(11-9-16)25-13(2)3/h8-11,13,18-19,21,24H,7,12H2,1-6H3. The van der Waals surface area contributed by atoms with Gasteiger partial charge in [-0.15, -0.1) is 0 Å². The fraction of sp³-hybridized carbons (Fsp3) is 0.550. The Morgan fingerprint density at radius 3 is 2.32 bits per heavy atom. The number of benzene rings is 1. The summed E-state index contributed by atoms with van der Waals surface area (Å²) >= 11 is 0. The van der Waals surface area contributed by atoms with Gasteiger partial charge in [0.2, 0.25) is 0 Å². The summed E-state index contributed by atoms with van der Waals surface area (Å²) in [5.74, 6) is 0.826. The average molecular weight is 345 g/mol. The molecule has 0 amide bonds. The second kappa shape index (κ2) is 8.50. The van der Waals surface area contributed by atoms with Gasteiger partial charge in [0.15, 0.2) is 0 Å². The maximum atomic E-state index is 10.5. The Hall–Kier alpha value is -1.85. The Kier molecular flexibility index (Phi) is 6.62. The first-order valence-corrected chi connectivity index (χ1v) is 9.01. The molecule has 1 heterocycles. The molecule has 2 rings (SSSR count). The molecule has 0 aliphatic heterocycles. The SMILES string of the molecule is CCC(NCC(O)c1ccc(OC(C)C)cc1)c1c(C)nn(C)c1C. The highest BCUT2D eigenvalue weighted by molar-refractivity contribution is 5.30. The minimum atomic E-state index is -0.556. The number of aliphatic hydroxyl groups excluding tert-OH is 1. The third-order valence-electron chi connectivity index (χ3n) is 4.52. The van der Waals surface area contributed by atoms with E-state index >= 15 is 0 Å². The van der Waals surface area contributed by atoms with Crippen molar-refractivity contribution >= 4 is 0 Å². The molecule has 0 radical (unpaired) electrons. The van der Waals surface area contributed by atoms with E-state index < -0.39 is 6.10 Å². The molecule has 0 saturated heterocycles. The molecule has 1 aromatic heterocycles. The minimum Gasteiger partial charge on any atom is -0.491 e. The lowest BCUT2D eigenvalue weighted by Gasteiger charge is -2.21. The molecule has 0 saturated carbocycles. The Morgan fingerprint density at radius 2 is 1.84 bits per heavy atom. The van der Waals surface area contributed by atoms with Crippen LogP contribution in [0.4, 0.5) is 0 Å². The topological polar surface area (TPSA) is 59.3 Å². The summed E-state index contributed by atoms with van der Waals surface area (Å²) in [5.41, 5.74) is 4.33. The molecule has 2 N–H and O–H groups in total. The first-order valence-electron chi connectivity index (χ1n) is 9.01. The first kappa shape index (κ1) is 19.5. The van der Waals surface area contributed by atoms with Gasteiger partial charge in [-0.1, -0.05) is 19.1 Å². The number of aromatic nitrogens is 2. The highest BCUT2D eigenvalue weighted by Crippen LogP contribution is 2.25. The zero-order chi connectivity index (χ0) is 18.6. The molecule has 138 valence electrons. The largest absolute Gasteiger partial charge is 0.491 e. The summed E-state index contributed by atoms with van der Waals surface area (Å²) in [7, 11) is 1.97. The van der Waals surface area contributed by atoms with Crippen LogP contribution in [0.2, 0.25) is 0 Å². The van der Waals surface area contributed by atoms with Crippen molar-refractivity contribution in [3.63, 3.8) is 0 Å². The lowest BCUT2D eigenvalue weighted by atomic mass is 10.0. The molecule has 0 spiro atoms. The van der Waals surface area contributed by atoms with Crippen molar-refractivity contribution < 1.29 is 9.84 Å². The third kappa shape index (κ3) is 4.83. The van der Waals surface area contributed by atoms with Crippen molar-refractivity contribution in [2.75, 3.05) is 6.54 Å². The van der Waals surface area contributed by atoms with Crippen LogP contribution in [0.15, 0.2) is 24.3 Å². The number of aliphatic hydroxyl groups is 1. The van der Waals surface area contributed by atoms with Crippen LogP contribution in [0.1, 0.15) is 61.9 Å². The smallest absolute Gasteiger partial charge is 0.119 e. The van der Waals surface area contributed by atoms with E-state index in [9.17, 15) is 5.11 Å². The summed E-state index contributed by atoms with van der Waals surface area (Å²) in [6.07, 6.45) is 0.537. The molecule has 0 aliphatic rings. The van der Waals surface area contributed by atoms with E-state index in [-0.39, 0.29) is 12.1 Å². The monoisotopic (exact) mass is 345 g/mol. The summed E-state index contributed by atoms with van der Waals surface area (Å²) in [6.45, 7) is 10.8. The van der Waals surface area contributed by atoms with Crippen molar-refractivity contribution in [1.29, 1.82) is 0 Å². The Bertz CT molecular complexity index is 677. The van der Waals surface area contributed by atoms with Crippen molar-refractivity contribution in [2.45, 2.75) is 59.3 Å². The number of rotatable bonds is 8. The summed E-state index contributed by atoms with van der Waals surface area (Å²) in [5, 5.41) is 18.5.